The first-order chi connectivity index (χ1) is 10.8. The van der Waals surface area contributed by atoms with E-state index in [4.69, 9.17) is 0 Å². The van der Waals surface area contributed by atoms with Crippen LogP contribution in [0.5, 0.6) is 5.88 Å². The zero-order valence-corrected chi connectivity index (χ0v) is 12.3. The number of nitrogens with one attached hydrogen (secondary N) is 2. The Bertz CT molecular complexity index is 547. The first-order valence-corrected chi connectivity index (χ1v) is 7.11. The van der Waals surface area contributed by atoms with Crippen LogP contribution in [0, 0.1) is 0 Å². The van der Waals surface area contributed by atoms with E-state index in [9.17, 15) is 22.4 Å². The zero-order valence-electron chi connectivity index (χ0n) is 12.3. The molecule has 0 radical (unpaired) electrons. The second-order valence-corrected chi connectivity index (χ2v) is 5.45. The standard InChI is InChI=1S/C14H17F4N3O2/c15-13(3-1-4-13)8-21-12(22)20-7-10-2-5-19-11(6-10)23-9-14(16,17)18/h2,5-6H,1,3-4,7-9H2,(H2,20,21,22). The molecule has 0 atom stereocenters. The van der Waals surface area contributed by atoms with Crippen LogP contribution in [-0.2, 0) is 6.54 Å². The summed E-state index contributed by atoms with van der Waals surface area (Å²) < 4.78 is 54.4. The summed E-state index contributed by atoms with van der Waals surface area (Å²) in [6.45, 7) is -1.42. The van der Waals surface area contributed by atoms with Gasteiger partial charge in [0.05, 0.1) is 6.54 Å². The molecule has 1 saturated carbocycles. The maximum absolute atomic E-state index is 13.7. The van der Waals surface area contributed by atoms with Crippen molar-refractivity contribution in [3.8, 4) is 5.88 Å². The summed E-state index contributed by atoms with van der Waals surface area (Å²) in [5, 5.41) is 4.93. The average Bonchev–Trinajstić information content (AvgIpc) is 2.47. The van der Waals surface area contributed by atoms with Crippen molar-refractivity contribution < 1.29 is 27.1 Å². The van der Waals surface area contributed by atoms with Crippen LogP contribution in [0.15, 0.2) is 18.3 Å². The molecule has 1 aliphatic carbocycles. The van der Waals surface area contributed by atoms with Gasteiger partial charge in [0.2, 0.25) is 5.88 Å². The number of carbonyl (C=O) groups is 1. The fourth-order valence-corrected chi connectivity index (χ4v) is 2.02. The number of amides is 2. The molecule has 9 heteroatoms. The minimum absolute atomic E-state index is 0.0465. The minimum Gasteiger partial charge on any atom is -0.468 e. The van der Waals surface area contributed by atoms with Crippen molar-refractivity contribution >= 4 is 6.03 Å². The molecule has 1 aromatic rings. The second kappa shape index (κ2) is 7.01. The van der Waals surface area contributed by atoms with Crippen LogP contribution in [-0.4, -0.2) is 36.0 Å². The Kier molecular flexibility index (Phi) is 5.27. The van der Waals surface area contributed by atoms with E-state index in [-0.39, 0.29) is 19.0 Å². The van der Waals surface area contributed by atoms with Gasteiger partial charge in [0.15, 0.2) is 6.61 Å². The molecule has 0 spiro atoms. The fourth-order valence-electron chi connectivity index (χ4n) is 2.02. The van der Waals surface area contributed by atoms with E-state index in [1.165, 1.54) is 18.3 Å². The number of alkyl halides is 4. The predicted octanol–water partition coefficient (Wildman–Crippen LogP) is 2.71. The summed E-state index contributed by atoms with van der Waals surface area (Å²) in [5.74, 6) is -0.181. The first-order valence-electron chi connectivity index (χ1n) is 7.11. The summed E-state index contributed by atoms with van der Waals surface area (Å²) in [4.78, 5) is 15.2. The Hall–Kier alpha value is -2.06. The lowest BCUT2D eigenvalue weighted by atomic mass is 9.82. The number of halogens is 4. The highest BCUT2D eigenvalue weighted by molar-refractivity contribution is 5.73. The van der Waals surface area contributed by atoms with Gasteiger partial charge in [-0.3, -0.25) is 0 Å². The highest BCUT2D eigenvalue weighted by atomic mass is 19.4. The highest BCUT2D eigenvalue weighted by Gasteiger charge is 2.37. The van der Waals surface area contributed by atoms with Gasteiger partial charge in [0.25, 0.3) is 0 Å². The highest BCUT2D eigenvalue weighted by Crippen LogP contribution is 2.34. The number of nitrogens with zero attached hydrogens (tertiary/aromatic N) is 1. The molecule has 0 bridgehead atoms. The lowest BCUT2D eigenvalue weighted by Crippen LogP contribution is -2.47. The van der Waals surface area contributed by atoms with E-state index < -0.39 is 24.5 Å². The molecule has 5 nitrogen and oxygen atoms in total. The van der Waals surface area contributed by atoms with Crippen LogP contribution in [0.25, 0.3) is 0 Å². The number of carbonyl (C=O) groups excluding carboxylic acids is 1. The molecule has 1 fully saturated rings. The van der Waals surface area contributed by atoms with Gasteiger partial charge in [-0.15, -0.1) is 0 Å². The van der Waals surface area contributed by atoms with E-state index in [0.29, 0.717) is 18.4 Å². The molecule has 0 unspecified atom stereocenters. The first kappa shape index (κ1) is 17.3. The quantitative estimate of drug-likeness (QED) is 0.786. The monoisotopic (exact) mass is 335 g/mol. The van der Waals surface area contributed by atoms with Gasteiger partial charge in [-0.25, -0.2) is 14.2 Å². The number of hydrogen-bond donors (Lipinski definition) is 2. The molecule has 1 aromatic heterocycles. The SMILES string of the molecule is O=C(NCc1ccnc(OCC(F)(F)F)c1)NCC1(F)CCC1. The normalized spacial score (nSPS) is 16.3. The molecule has 0 aliphatic heterocycles. The van der Waals surface area contributed by atoms with Crippen molar-refractivity contribution in [3.05, 3.63) is 23.9 Å². The van der Waals surface area contributed by atoms with Gasteiger partial charge in [-0.1, -0.05) is 0 Å². The number of aromatic nitrogens is 1. The largest absolute Gasteiger partial charge is 0.468 e. The maximum atomic E-state index is 13.7. The van der Waals surface area contributed by atoms with Crippen LogP contribution in [0.3, 0.4) is 0 Å². The van der Waals surface area contributed by atoms with E-state index in [1.54, 1.807) is 0 Å². The molecule has 1 aliphatic rings. The van der Waals surface area contributed by atoms with Crippen molar-refractivity contribution in [2.24, 2.45) is 0 Å². The minimum atomic E-state index is -4.44. The summed E-state index contributed by atoms with van der Waals surface area (Å²) in [6, 6.07) is 2.29. The fraction of sp³-hybridized carbons (Fsp3) is 0.571. The molecular weight excluding hydrogens is 318 g/mol. The van der Waals surface area contributed by atoms with Crippen LogP contribution >= 0.6 is 0 Å². The Morgan fingerprint density at radius 1 is 1.35 bits per heavy atom. The Balaban J connectivity index is 1.75. The Morgan fingerprint density at radius 3 is 2.70 bits per heavy atom. The third kappa shape index (κ3) is 5.91. The van der Waals surface area contributed by atoms with E-state index in [0.717, 1.165) is 6.42 Å². The van der Waals surface area contributed by atoms with Crippen molar-refractivity contribution in [3.63, 3.8) is 0 Å². The van der Waals surface area contributed by atoms with Crippen LogP contribution in [0.4, 0.5) is 22.4 Å². The molecule has 0 aromatic carbocycles. The van der Waals surface area contributed by atoms with E-state index >= 15 is 0 Å². The van der Waals surface area contributed by atoms with Gasteiger partial charge in [-0.05, 0) is 30.9 Å². The van der Waals surface area contributed by atoms with Crippen molar-refractivity contribution in [1.29, 1.82) is 0 Å². The third-order valence-corrected chi connectivity index (χ3v) is 3.45. The van der Waals surface area contributed by atoms with Crippen molar-refractivity contribution in [2.75, 3.05) is 13.2 Å². The number of rotatable bonds is 6. The average molecular weight is 335 g/mol. The van der Waals surface area contributed by atoms with Gasteiger partial charge in [0, 0.05) is 18.8 Å². The van der Waals surface area contributed by atoms with Crippen LogP contribution in [0.1, 0.15) is 24.8 Å². The molecule has 1 heterocycles. The summed E-state index contributed by atoms with van der Waals surface area (Å²) in [6.07, 6.45) is -1.46. The van der Waals surface area contributed by atoms with E-state index in [2.05, 4.69) is 20.4 Å². The summed E-state index contributed by atoms with van der Waals surface area (Å²) in [5.41, 5.74) is -0.794. The number of pyridine rings is 1. The van der Waals surface area contributed by atoms with E-state index in [1.807, 2.05) is 0 Å². The molecular formula is C14H17F4N3O2. The molecule has 0 saturated heterocycles. The van der Waals surface area contributed by atoms with Gasteiger partial charge in [-0.2, -0.15) is 13.2 Å². The number of hydrogen-bond acceptors (Lipinski definition) is 3. The predicted molar refractivity (Wildman–Crippen MR) is 73.7 cm³/mol. The van der Waals surface area contributed by atoms with Crippen molar-refractivity contribution in [1.82, 2.24) is 15.6 Å². The van der Waals surface area contributed by atoms with Gasteiger partial charge in [0.1, 0.15) is 5.67 Å². The van der Waals surface area contributed by atoms with Crippen LogP contribution < -0.4 is 15.4 Å². The third-order valence-electron chi connectivity index (χ3n) is 3.45. The van der Waals surface area contributed by atoms with Gasteiger partial charge < -0.3 is 15.4 Å². The molecule has 2 N–H and O–H groups in total. The van der Waals surface area contributed by atoms with Crippen molar-refractivity contribution in [2.45, 2.75) is 37.7 Å². The summed E-state index contributed by atoms with van der Waals surface area (Å²) >= 11 is 0. The second-order valence-electron chi connectivity index (χ2n) is 5.45. The van der Waals surface area contributed by atoms with Crippen LogP contribution in [0.2, 0.25) is 0 Å². The smallest absolute Gasteiger partial charge is 0.422 e. The zero-order chi connectivity index (χ0) is 16.9. The topological polar surface area (TPSA) is 63.2 Å². The van der Waals surface area contributed by atoms with Gasteiger partial charge >= 0.3 is 12.2 Å². The lowest BCUT2D eigenvalue weighted by molar-refractivity contribution is -0.154. The molecule has 128 valence electrons. The molecule has 23 heavy (non-hydrogen) atoms. The summed E-state index contributed by atoms with van der Waals surface area (Å²) in [7, 11) is 0. The number of ether oxygens (including phenoxy) is 1. The number of urea groups is 1. The molecule has 2 rings (SSSR count). The maximum Gasteiger partial charge on any atom is 0.422 e. The Morgan fingerprint density at radius 2 is 2.09 bits per heavy atom. The lowest BCUT2D eigenvalue weighted by Gasteiger charge is -2.33. The molecule has 2 amide bonds. The Labute approximate surface area is 130 Å².